The third-order valence-electron chi connectivity index (χ3n) is 5.91. The molecule has 0 amide bonds. The molecule has 7 heteroatoms. The Morgan fingerprint density at radius 2 is 2.21 bits per heavy atom. The van der Waals surface area contributed by atoms with Gasteiger partial charge in [0.05, 0.1) is 13.1 Å². The number of aromatic nitrogens is 3. The molecule has 1 unspecified atom stereocenters. The van der Waals surface area contributed by atoms with E-state index in [1.807, 2.05) is 12.1 Å². The number of nitrogens with zero attached hydrogens (tertiary/aromatic N) is 4. The Morgan fingerprint density at radius 1 is 1.38 bits per heavy atom. The van der Waals surface area contributed by atoms with Crippen molar-refractivity contribution in [3.63, 3.8) is 0 Å². The fraction of sp³-hybridized carbons (Fsp3) is 0.591. The first-order chi connectivity index (χ1) is 14.0. The molecule has 1 aromatic heterocycles. The van der Waals surface area contributed by atoms with E-state index in [9.17, 15) is 0 Å². The van der Waals surface area contributed by atoms with Crippen LogP contribution in [0.3, 0.4) is 0 Å². The maximum absolute atomic E-state index is 6.21. The predicted molar refractivity (Wildman–Crippen MR) is 118 cm³/mol. The lowest BCUT2D eigenvalue weighted by atomic mass is 9.96. The zero-order valence-electron chi connectivity index (χ0n) is 17.6. The van der Waals surface area contributed by atoms with Gasteiger partial charge >= 0.3 is 0 Å². The van der Waals surface area contributed by atoms with E-state index in [2.05, 4.69) is 58.3 Å². The average molecular weight is 415 g/mol. The van der Waals surface area contributed by atoms with Crippen LogP contribution in [-0.4, -0.2) is 39.9 Å². The summed E-state index contributed by atoms with van der Waals surface area (Å²) in [5, 5.41) is 12.5. The number of fused-ring (bicyclic) bond motifs is 1. The van der Waals surface area contributed by atoms with Crippen molar-refractivity contribution in [1.82, 2.24) is 25.4 Å². The lowest BCUT2D eigenvalue weighted by Gasteiger charge is -2.25. The Morgan fingerprint density at radius 3 is 2.90 bits per heavy atom. The number of aliphatic imine (C=N–C) groups is 1. The lowest BCUT2D eigenvalue weighted by Crippen LogP contribution is -2.47. The molecule has 2 heterocycles. The highest BCUT2D eigenvalue weighted by atomic mass is 35.5. The molecule has 0 bridgehead atoms. The number of guanidine groups is 1. The number of hydrogen-bond donors (Lipinski definition) is 2. The van der Waals surface area contributed by atoms with E-state index in [0.717, 1.165) is 55.1 Å². The number of hydrogen-bond acceptors (Lipinski definition) is 3. The summed E-state index contributed by atoms with van der Waals surface area (Å²) in [5.41, 5.74) is 1.45. The molecule has 1 aliphatic heterocycles. The highest BCUT2D eigenvalue weighted by Crippen LogP contribution is 2.48. The predicted octanol–water partition coefficient (Wildman–Crippen LogP) is 3.66. The number of aryl methyl sites for hydroxylation is 1. The van der Waals surface area contributed by atoms with Gasteiger partial charge in [0.25, 0.3) is 0 Å². The van der Waals surface area contributed by atoms with E-state index in [0.29, 0.717) is 12.0 Å². The molecule has 1 saturated carbocycles. The van der Waals surface area contributed by atoms with Crippen molar-refractivity contribution in [2.45, 2.75) is 70.4 Å². The third-order valence-corrected chi connectivity index (χ3v) is 6.14. The molecule has 156 valence electrons. The van der Waals surface area contributed by atoms with E-state index in [1.165, 1.54) is 18.4 Å². The van der Waals surface area contributed by atoms with Crippen molar-refractivity contribution >= 4 is 17.6 Å². The highest BCUT2D eigenvalue weighted by Gasteiger charge is 2.44. The van der Waals surface area contributed by atoms with Crippen LogP contribution in [0.1, 0.15) is 63.2 Å². The van der Waals surface area contributed by atoms with Gasteiger partial charge in [-0.1, -0.05) is 37.6 Å². The van der Waals surface area contributed by atoms with Gasteiger partial charge < -0.3 is 10.6 Å². The SMILES string of the molecule is CCNC(=NCC1(c2cccc(Cl)c2)CC1)NC1CCc2nc(C(C)C)nn2C1. The molecular formula is C22H31ClN6. The van der Waals surface area contributed by atoms with Gasteiger partial charge in [-0.15, -0.1) is 0 Å². The second-order valence-corrected chi connectivity index (χ2v) is 9.03. The zero-order valence-corrected chi connectivity index (χ0v) is 18.3. The highest BCUT2D eigenvalue weighted by molar-refractivity contribution is 6.30. The number of nitrogens with one attached hydrogen (secondary N) is 2. The fourth-order valence-electron chi connectivity index (χ4n) is 3.94. The van der Waals surface area contributed by atoms with Crippen LogP contribution in [0.5, 0.6) is 0 Å². The minimum absolute atomic E-state index is 0.144. The van der Waals surface area contributed by atoms with Crippen LogP contribution in [0.4, 0.5) is 0 Å². The molecular weight excluding hydrogens is 384 g/mol. The number of benzene rings is 1. The van der Waals surface area contributed by atoms with E-state index in [4.69, 9.17) is 16.6 Å². The van der Waals surface area contributed by atoms with Crippen molar-refractivity contribution in [2.75, 3.05) is 13.1 Å². The Bertz CT molecular complexity index is 883. The van der Waals surface area contributed by atoms with Gasteiger partial charge in [-0.2, -0.15) is 5.10 Å². The molecule has 0 spiro atoms. The third kappa shape index (κ3) is 4.58. The zero-order chi connectivity index (χ0) is 20.4. The average Bonchev–Trinajstić information content (AvgIpc) is 3.37. The first-order valence-electron chi connectivity index (χ1n) is 10.7. The van der Waals surface area contributed by atoms with Crippen molar-refractivity contribution in [1.29, 1.82) is 0 Å². The van der Waals surface area contributed by atoms with E-state index < -0.39 is 0 Å². The Hall–Kier alpha value is -2.08. The first-order valence-corrected chi connectivity index (χ1v) is 11.1. The normalized spacial score (nSPS) is 20.4. The van der Waals surface area contributed by atoms with Gasteiger partial charge in [-0.3, -0.25) is 4.99 Å². The van der Waals surface area contributed by atoms with Crippen molar-refractivity contribution in [2.24, 2.45) is 4.99 Å². The van der Waals surface area contributed by atoms with Crippen LogP contribution in [-0.2, 0) is 18.4 Å². The largest absolute Gasteiger partial charge is 0.357 e. The van der Waals surface area contributed by atoms with Crippen LogP contribution in [0.15, 0.2) is 29.3 Å². The molecule has 1 aliphatic carbocycles. The molecule has 2 aromatic rings. The van der Waals surface area contributed by atoms with Crippen molar-refractivity contribution in [3.05, 3.63) is 46.5 Å². The smallest absolute Gasteiger partial charge is 0.191 e. The van der Waals surface area contributed by atoms with Crippen LogP contribution < -0.4 is 10.6 Å². The molecule has 1 atom stereocenters. The van der Waals surface area contributed by atoms with Crippen LogP contribution in [0, 0.1) is 0 Å². The number of rotatable bonds is 6. The summed E-state index contributed by atoms with van der Waals surface area (Å²) in [7, 11) is 0. The maximum Gasteiger partial charge on any atom is 0.191 e. The summed E-state index contributed by atoms with van der Waals surface area (Å²) >= 11 is 6.21. The maximum atomic E-state index is 6.21. The van der Waals surface area contributed by atoms with Gasteiger partial charge in [0.1, 0.15) is 5.82 Å². The molecule has 2 N–H and O–H groups in total. The van der Waals surface area contributed by atoms with Gasteiger partial charge in [-0.25, -0.2) is 9.67 Å². The first kappa shape index (κ1) is 20.2. The second kappa shape index (κ2) is 8.34. The van der Waals surface area contributed by atoms with E-state index in [-0.39, 0.29) is 5.41 Å². The summed E-state index contributed by atoms with van der Waals surface area (Å²) in [6.45, 7) is 8.84. The molecule has 6 nitrogen and oxygen atoms in total. The molecule has 2 aliphatic rings. The van der Waals surface area contributed by atoms with E-state index in [1.54, 1.807) is 0 Å². The fourth-order valence-corrected chi connectivity index (χ4v) is 4.13. The van der Waals surface area contributed by atoms with Crippen molar-refractivity contribution < 1.29 is 0 Å². The quantitative estimate of drug-likeness (QED) is 0.559. The molecule has 1 fully saturated rings. The molecule has 29 heavy (non-hydrogen) atoms. The van der Waals surface area contributed by atoms with Crippen LogP contribution in [0.25, 0.3) is 0 Å². The number of halogens is 1. The lowest BCUT2D eigenvalue weighted by molar-refractivity contribution is 0.391. The summed E-state index contributed by atoms with van der Waals surface area (Å²) in [6, 6.07) is 8.54. The van der Waals surface area contributed by atoms with E-state index >= 15 is 0 Å². The van der Waals surface area contributed by atoms with Gasteiger partial charge in [0.2, 0.25) is 0 Å². The second-order valence-electron chi connectivity index (χ2n) is 8.59. The molecule has 0 saturated heterocycles. The Balaban J connectivity index is 1.43. The summed E-state index contributed by atoms with van der Waals surface area (Å²) in [5.74, 6) is 3.29. The van der Waals surface area contributed by atoms with Crippen molar-refractivity contribution in [3.8, 4) is 0 Å². The summed E-state index contributed by atoms with van der Waals surface area (Å²) in [4.78, 5) is 9.63. The van der Waals surface area contributed by atoms with Gasteiger partial charge in [-0.05, 0) is 43.9 Å². The minimum atomic E-state index is 0.144. The monoisotopic (exact) mass is 414 g/mol. The Kier molecular flexibility index (Phi) is 5.81. The summed E-state index contributed by atoms with van der Waals surface area (Å²) in [6.07, 6.45) is 4.32. The van der Waals surface area contributed by atoms with Gasteiger partial charge in [0.15, 0.2) is 11.8 Å². The molecule has 1 aromatic carbocycles. The Labute approximate surface area is 178 Å². The van der Waals surface area contributed by atoms with Crippen LogP contribution in [0.2, 0.25) is 5.02 Å². The van der Waals surface area contributed by atoms with Crippen LogP contribution >= 0.6 is 11.6 Å². The van der Waals surface area contributed by atoms with Gasteiger partial charge in [0, 0.05) is 35.4 Å². The standard InChI is InChI=1S/C22H31ClN6/c1-4-24-21(25-14-22(10-11-22)16-6-5-7-17(23)12-16)26-18-8-9-19-27-20(15(2)3)28-29(19)13-18/h5-7,12,15,18H,4,8-11,13-14H2,1-3H3,(H2,24,25,26). The minimum Gasteiger partial charge on any atom is -0.357 e. The topological polar surface area (TPSA) is 67.1 Å². The molecule has 0 radical (unpaired) electrons. The summed E-state index contributed by atoms with van der Waals surface area (Å²) < 4.78 is 2.06. The molecule has 4 rings (SSSR count).